The third-order valence-corrected chi connectivity index (χ3v) is 5.96. The number of carbonyl (C=O) groups is 1. The maximum absolute atomic E-state index is 12.8. The molecule has 4 bridgehead atoms. The van der Waals surface area contributed by atoms with Gasteiger partial charge in [-0.2, -0.15) is 0 Å². The molecule has 0 heterocycles. The van der Waals surface area contributed by atoms with Gasteiger partial charge in [-0.25, -0.2) is 0 Å². The number of benzene rings is 1. The molecular formula is C18H24N2O. The number of rotatable bonds is 3. The summed E-state index contributed by atoms with van der Waals surface area (Å²) in [5, 5.41) is 3.15. The van der Waals surface area contributed by atoms with Crippen LogP contribution in [0, 0.1) is 29.6 Å². The average Bonchev–Trinajstić information content (AvgIpc) is 2.46. The van der Waals surface area contributed by atoms with Crippen molar-refractivity contribution in [2.75, 3.05) is 5.32 Å². The standard InChI is InChI=1S/C18H24N2O/c19-10-11-2-1-3-16(9-11)20-18(21)17-14-5-12-4-13(7-14)8-15(17)6-12/h1-3,9,12-15,17H,4-8,10,19H2,(H,20,21). The smallest absolute Gasteiger partial charge is 0.228 e. The van der Waals surface area contributed by atoms with Gasteiger partial charge in [-0.05, 0) is 73.5 Å². The molecule has 1 aromatic carbocycles. The van der Waals surface area contributed by atoms with E-state index in [4.69, 9.17) is 5.73 Å². The molecule has 4 fully saturated rings. The summed E-state index contributed by atoms with van der Waals surface area (Å²) in [6.07, 6.45) is 6.57. The highest BCUT2D eigenvalue weighted by Gasteiger charge is 2.50. The summed E-state index contributed by atoms with van der Waals surface area (Å²) in [5.41, 5.74) is 7.64. The predicted molar refractivity (Wildman–Crippen MR) is 83.5 cm³/mol. The maximum atomic E-state index is 12.8. The minimum atomic E-state index is 0.248. The van der Waals surface area contributed by atoms with Crippen LogP contribution in [0.1, 0.15) is 37.7 Å². The second-order valence-electron chi connectivity index (χ2n) is 7.35. The van der Waals surface area contributed by atoms with E-state index in [0.29, 0.717) is 18.4 Å². The molecule has 3 nitrogen and oxygen atoms in total. The molecule has 1 amide bonds. The normalized spacial score (nSPS) is 36.7. The van der Waals surface area contributed by atoms with E-state index in [-0.39, 0.29) is 11.8 Å². The largest absolute Gasteiger partial charge is 0.326 e. The topological polar surface area (TPSA) is 55.1 Å². The Morgan fingerprint density at radius 2 is 1.76 bits per heavy atom. The fraction of sp³-hybridized carbons (Fsp3) is 0.611. The lowest BCUT2D eigenvalue weighted by molar-refractivity contribution is -0.132. The minimum Gasteiger partial charge on any atom is -0.326 e. The Hall–Kier alpha value is -1.35. The highest BCUT2D eigenvalue weighted by molar-refractivity contribution is 5.93. The molecule has 0 aliphatic heterocycles. The van der Waals surface area contributed by atoms with Gasteiger partial charge in [0.25, 0.3) is 0 Å². The van der Waals surface area contributed by atoms with Crippen LogP contribution >= 0.6 is 0 Å². The van der Waals surface area contributed by atoms with Crippen molar-refractivity contribution in [3.05, 3.63) is 29.8 Å². The van der Waals surface area contributed by atoms with Gasteiger partial charge in [-0.1, -0.05) is 12.1 Å². The highest BCUT2D eigenvalue weighted by atomic mass is 16.1. The zero-order valence-corrected chi connectivity index (χ0v) is 12.4. The summed E-state index contributed by atoms with van der Waals surface area (Å²) in [5.74, 6) is 3.60. The van der Waals surface area contributed by atoms with Crippen LogP contribution in [0.2, 0.25) is 0 Å². The van der Waals surface area contributed by atoms with Crippen molar-refractivity contribution in [3.63, 3.8) is 0 Å². The predicted octanol–water partition coefficient (Wildman–Crippen LogP) is 3.16. The van der Waals surface area contributed by atoms with Gasteiger partial charge < -0.3 is 11.1 Å². The van der Waals surface area contributed by atoms with Gasteiger partial charge in [0.15, 0.2) is 0 Å². The first-order valence-electron chi connectivity index (χ1n) is 8.33. The molecule has 3 heteroatoms. The molecule has 112 valence electrons. The maximum Gasteiger partial charge on any atom is 0.228 e. The third kappa shape index (κ3) is 2.38. The molecule has 5 rings (SSSR count). The van der Waals surface area contributed by atoms with E-state index in [1.165, 1.54) is 32.1 Å². The molecule has 0 aromatic heterocycles. The van der Waals surface area contributed by atoms with Crippen molar-refractivity contribution in [2.45, 2.75) is 38.6 Å². The molecule has 0 unspecified atom stereocenters. The van der Waals surface area contributed by atoms with Crippen molar-refractivity contribution in [1.29, 1.82) is 0 Å². The Balaban J connectivity index is 1.50. The molecule has 0 saturated heterocycles. The molecule has 0 atom stereocenters. The summed E-state index contributed by atoms with van der Waals surface area (Å²) in [6, 6.07) is 7.92. The number of nitrogens with two attached hydrogens (primary N) is 1. The van der Waals surface area contributed by atoms with Gasteiger partial charge >= 0.3 is 0 Å². The Bertz CT molecular complexity index is 526. The van der Waals surface area contributed by atoms with Gasteiger partial charge in [0.2, 0.25) is 5.91 Å². The number of carbonyl (C=O) groups excluding carboxylic acids is 1. The fourth-order valence-electron chi connectivity index (χ4n) is 5.35. The van der Waals surface area contributed by atoms with Crippen LogP contribution in [0.4, 0.5) is 5.69 Å². The van der Waals surface area contributed by atoms with E-state index < -0.39 is 0 Å². The Kier molecular flexibility index (Phi) is 3.26. The van der Waals surface area contributed by atoms with Gasteiger partial charge in [-0.3, -0.25) is 4.79 Å². The quantitative estimate of drug-likeness (QED) is 0.896. The first kappa shape index (κ1) is 13.3. The van der Waals surface area contributed by atoms with Crippen molar-refractivity contribution in [1.82, 2.24) is 0 Å². The fourth-order valence-corrected chi connectivity index (χ4v) is 5.35. The van der Waals surface area contributed by atoms with Gasteiger partial charge in [0.05, 0.1) is 0 Å². The van der Waals surface area contributed by atoms with Crippen LogP contribution in [-0.4, -0.2) is 5.91 Å². The number of anilines is 1. The van der Waals surface area contributed by atoms with Crippen molar-refractivity contribution < 1.29 is 4.79 Å². The van der Waals surface area contributed by atoms with E-state index >= 15 is 0 Å². The monoisotopic (exact) mass is 284 g/mol. The van der Waals surface area contributed by atoms with Crippen LogP contribution < -0.4 is 11.1 Å². The van der Waals surface area contributed by atoms with E-state index in [2.05, 4.69) is 5.32 Å². The Morgan fingerprint density at radius 3 is 2.38 bits per heavy atom. The first-order valence-corrected chi connectivity index (χ1v) is 8.33. The van der Waals surface area contributed by atoms with Gasteiger partial charge in [0, 0.05) is 18.2 Å². The highest BCUT2D eigenvalue weighted by Crippen LogP contribution is 2.56. The molecule has 21 heavy (non-hydrogen) atoms. The van der Waals surface area contributed by atoms with Crippen LogP contribution in [-0.2, 0) is 11.3 Å². The zero-order valence-electron chi connectivity index (χ0n) is 12.4. The van der Waals surface area contributed by atoms with Gasteiger partial charge in [0.1, 0.15) is 0 Å². The van der Waals surface area contributed by atoms with Crippen LogP contribution in [0.3, 0.4) is 0 Å². The van der Waals surface area contributed by atoms with E-state index in [9.17, 15) is 4.79 Å². The molecule has 0 radical (unpaired) electrons. The third-order valence-electron chi connectivity index (χ3n) is 5.96. The van der Waals surface area contributed by atoms with E-state index in [0.717, 1.165) is 23.1 Å². The van der Waals surface area contributed by atoms with Crippen molar-refractivity contribution in [2.24, 2.45) is 35.3 Å². The van der Waals surface area contributed by atoms with Crippen LogP contribution in [0.5, 0.6) is 0 Å². The first-order chi connectivity index (χ1) is 10.2. The summed E-state index contributed by atoms with van der Waals surface area (Å²) < 4.78 is 0. The number of hydrogen-bond acceptors (Lipinski definition) is 2. The lowest BCUT2D eigenvalue weighted by Crippen LogP contribution is -2.49. The van der Waals surface area contributed by atoms with E-state index in [1.807, 2.05) is 24.3 Å². The molecule has 4 aliphatic rings. The summed E-state index contributed by atoms with van der Waals surface area (Å²) in [7, 11) is 0. The SMILES string of the molecule is NCc1cccc(NC(=O)C2C3CC4CC(C3)CC2C4)c1. The summed E-state index contributed by atoms with van der Waals surface area (Å²) >= 11 is 0. The second-order valence-corrected chi connectivity index (χ2v) is 7.35. The number of nitrogens with one attached hydrogen (secondary N) is 1. The average molecular weight is 284 g/mol. The Morgan fingerprint density at radius 1 is 1.10 bits per heavy atom. The summed E-state index contributed by atoms with van der Waals surface area (Å²) in [4.78, 5) is 12.8. The Labute approximate surface area is 126 Å². The molecular weight excluding hydrogens is 260 g/mol. The zero-order chi connectivity index (χ0) is 14.4. The lowest BCUT2D eigenvalue weighted by Gasteiger charge is -2.53. The molecule has 4 aliphatic carbocycles. The lowest BCUT2D eigenvalue weighted by atomic mass is 9.51. The molecule has 3 N–H and O–H groups in total. The molecule has 1 aromatic rings. The van der Waals surface area contributed by atoms with E-state index in [1.54, 1.807) is 0 Å². The second kappa shape index (κ2) is 5.13. The van der Waals surface area contributed by atoms with Gasteiger partial charge in [-0.15, -0.1) is 0 Å². The molecule has 4 saturated carbocycles. The number of hydrogen-bond donors (Lipinski definition) is 2. The van der Waals surface area contributed by atoms with Crippen LogP contribution in [0.15, 0.2) is 24.3 Å². The molecule has 0 spiro atoms. The van der Waals surface area contributed by atoms with Crippen molar-refractivity contribution in [3.8, 4) is 0 Å². The number of amides is 1. The minimum absolute atomic E-state index is 0.248. The summed E-state index contributed by atoms with van der Waals surface area (Å²) in [6.45, 7) is 0.516. The van der Waals surface area contributed by atoms with Crippen molar-refractivity contribution >= 4 is 11.6 Å². The van der Waals surface area contributed by atoms with Crippen LogP contribution in [0.25, 0.3) is 0 Å².